The Bertz CT molecular complexity index is 421. The summed E-state index contributed by atoms with van der Waals surface area (Å²) in [6.45, 7) is 1.34. The lowest BCUT2D eigenvalue weighted by Crippen LogP contribution is -2.56. The number of aliphatic hydroxyl groups excluding tert-OH is 1. The molecule has 0 aliphatic carbocycles. The van der Waals surface area contributed by atoms with Crippen molar-refractivity contribution in [3.63, 3.8) is 0 Å². The molecule has 1 fully saturated rings. The van der Waals surface area contributed by atoms with Crippen molar-refractivity contribution >= 4 is 17.5 Å². The first kappa shape index (κ1) is 12.5. The Kier molecular flexibility index (Phi) is 3.57. The zero-order valence-electron chi connectivity index (χ0n) is 9.99. The standard InChI is InChI=1S/C12H17N3O3/c13-9-1-3-10(4-2-9)14-5-6-15(12(17)18)11(7-14)8-16/h1-4,11,16H,5-8,13H2,(H,17,18). The van der Waals surface area contributed by atoms with Crippen molar-refractivity contribution in [3.05, 3.63) is 24.3 Å². The molecule has 6 heteroatoms. The van der Waals surface area contributed by atoms with Crippen LogP contribution in [0.2, 0.25) is 0 Å². The summed E-state index contributed by atoms with van der Waals surface area (Å²) < 4.78 is 0. The number of carbonyl (C=O) groups is 1. The third kappa shape index (κ3) is 2.48. The highest BCUT2D eigenvalue weighted by molar-refractivity contribution is 5.66. The number of nitrogen functional groups attached to an aromatic ring is 1. The molecular weight excluding hydrogens is 234 g/mol. The third-order valence-electron chi connectivity index (χ3n) is 3.20. The molecule has 1 unspecified atom stereocenters. The van der Waals surface area contributed by atoms with E-state index in [4.69, 9.17) is 10.8 Å². The minimum absolute atomic E-state index is 0.169. The average Bonchev–Trinajstić information content (AvgIpc) is 2.38. The lowest BCUT2D eigenvalue weighted by atomic mass is 10.1. The second kappa shape index (κ2) is 5.14. The number of nitrogens with two attached hydrogens (primary N) is 1. The van der Waals surface area contributed by atoms with E-state index in [1.54, 1.807) is 0 Å². The van der Waals surface area contributed by atoms with E-state index in [0.717, 1.165) is 5.69 Å². The molecule has 18 heavy (non-hydrogen) atoms. The highest BCUT2D eigenvalue weighted by Gasteiger charge is 2.29. The number of carboxylic acid groups (broad SMARTS) is 1. The molecule has 1 saturated heterocycles. The molecule has 98 valence electrons. The van der Waals surface area contributed by atoms with Gasteiger partial charge in [-0.3, -0.25) is 4.90 Å². The lowest BCUT2D eigenvalue weighted by Gasteiger charge is -2.40. The van der Waals surface area contributed by atoms with Gasteiger partial charge in [-0.15, -0.1) is 0 Å². The first-order chi connectivity index (χ1) is 8.61. The molecule has 1 aromatic carbocycles. The molecule has 6 nitrogen and oxygen atoms in total. The summed E-state index contributed by atoms with van der Waals surface area (Å²) in [6, 6.07) is 7.05. The fourth-order valence-corrected chi connectivity index (χ4v) is 2.18. The van der Waals surface area contributed by atoms with E-state index in [1.807, 2.05) is 24.3 Å². The number of piperazine rings is 1. The van der Waals surface area contributed by atoms with Gasteiger partial charge in [0.15, 0.2) is 0 Å². The maximum atomic E-state index is 11.0. The van der Waals surface area contributed by atoms with Gasteiger partial charge in [0.1, 0.15) is 0 Å². The van der Waals surface area contributed by atoms with E-state index >= 15 is 0 Å². The van der Waals surface area contributed by atoms with Crippen molar-refractivity contribution in [1.29, 1.82) is 0 Å². The smallest absolute Gasteiger partial charge is 0.407 e. The molecule has 0 bridgehead atoms. The molecule has 0 spiro atoms. The molecule has 1 aliphatic heterocycles. The fraction of sp³-hybridized carbons (Fsp3) is 0.417. The first-order valence-corrected chi connectivity index (χ1v) is 5.82. The molecule has 0 saturated carbocycles. The van der Waals surface area contributed by atoms with Crippen molar-refractivity contribution in [2.45, 2.75) is 6.04 Å². The van der Waals surface area contributed by atoms with Gasteiger partial charge in [-0.1, -0.05) is 0 Å². The van der Waals surface area contributed by atoms with Crippen LogP contribution in [-0.4, -0.2) is 53.5 Å². The zero-order chi connectivity index (χ0) is 13.1. The van der Waals surface area contributed by atoms with E-state index in [0.29, 0.717) is 25.3 Å². The van der Waals surface area contributed by atoms with Gasteiger partial charge in [0.2, 0.25) is 0 Å². The number of benzene rings is 1. The Morgan fingerprint density at radius 1 is 1.33 bits per heavy atom. The molecule has 1 atom stereocenters. The Hall–Kier alpha value is -1.95. The van der Waals surface area contributed by atoms with Crippen LogP contribution in [0.3, 0.4) is 0 Å². The number of amides is 1. The van der Waals surface area contributed by atoms with E-state index in [2.05, 4.69) is 4.90 Å². The van der Waals surface area contributed by atoms with Crippen LogP contribution in [0.4, 0.5) is 16.2 Å². The van der Waals surface area contributed by atoms with Crippen LogP contribution in [0.25, 0.3) is 0 Å². The van der Waals surface area contributed by atoms with E-state index in [-0.39, 0.29) is 12.6 Å². The molecule has 0 radical (unpaired) electrons. The second-order valence-electron chi connectivity index (χ2n) is 4.35. The third-order valence-corrected chi connectivity index (χ3v) is 3.20. The van der Waals surface area contributed by atoms with Crippen molar-refractivity contribution in [2.24, 2.45) is 0 Å². The lowest BCUT2D eigenvalue weighted by molar-refractivity contribution is 0.0910. The van der Waals surface area contributed by atoms with Crippen LogP contribution in [0.15, 0.2) is 24.3 Å². The van der Waals surface area contributed by atoms with Crippen LogP contribution in [-0.2, 0) is 0 Å². The molecule has 2 rings (SSSR count). The Morgan fingerprint density at radius 3 is 2.56 bits per heavy atom. The molecular formula is C12H17N3O3. The molecule has 4 N–H and O–H groups in total. The predicted octanol–water partition coefficient (Wildman–Crippen LogP) is 0.430. The fourth-order valence-electron chi connectivity index (χ4n) is 2.18. The van der Waals surface area contributed by atoms with Gasteiger partial charge in [0, 0.05) is 31.0 Å². The maximum Gasteiger partial charge on any atom is 0.407 e. The molecule has 0 aromatic heterocycles. The Morgan fingerprint density at radius 2 is 2.00 bits per heavy atom. The SMILES string of the molecule is Nc1ccc(N2CCN(C(=O)O)C(CO)C2)cc1. The number of rotatable bonds is 2. The van der Waals surface area contributed by atoms with Gasteiger partial charge < -0.3 is 20.8 Å². The number of nitrogens with zero attached hydrogens (tertiary/aromatic N) is 2. The topological polar surface area (TPSA) is 90.0 Å². The van der Waals surface area contributed by atoms with Gasteiger partial charge in [-0.2, -0.15) is 0 Å². The molecule has 1 aliphatic rings. The molecule has 1 aromatic rings. The van der Waals surface area contributed by atoms with E-state index in [9.17, 15) is 9.90 Å². The van der Waals surface area contributed by atoms with E-state index < -0.39 is 6.09 Å². The average molecular weight is 251 g/mol. The summed E-state index contributed by atoms with van der Waals surface area (Å²) >= 11 is 0. The normalized spacial score (nSPS) is 19.9. The van der Waals surface area contributed by atoms with Gasteiger partial charge in [0.25, 0.3) is 0 Å². The van der Waals surface area contributed by atoms with Gasteiger partial charge >= 0.3 is 6.09 Å². The second-order valence-corrected chi connectivity index (χ2v) is 4.35. The van der Waals surface area contributed by atoms with Crippen molar-refractivity contribution in [3.8, 4) is 0 Å². The van der Waals surface area contributed by atoms with Crippen LogP contribution in [0.5, 0.6) is 0 Å². The van der Waals surface area contributed by atoms with E-state index in [1.165, 1.54) is 4.90 Å². The highest BCUT2D eigenvalue weighted by Crippen LogP contribution is 2.20. The van der Waals surface area contributed by atoms with Gasteiger partial charge in [0.05, 0.1) is 12.6 Å². The molecule has 1 heterocycles. The Balaban J connectivity index is 2.09. The van der Waals surface area contributed by atoms with Crippen molar-refractivity contribution < 1.29 is 15.0 Å². The molecule has 1 amide bonds. The summed E-state index contributed by atoms with van der Waals surface area (Å²) in [7, 11) is 0. The highest BCUT2D eigenvalue weighted by atomic mass is 16.4. The summed E-state index contributed by atoms with van der Waals surface area (Å²) in [5, 5.41) is 18.3. The maximum absolute atomic E-state index is 11.0. The van der Waals surface area contributed by atoms with Crippen LogP contribution in [0, 0.1) is 0 Å². The van der Waals surface area contributed by atoms with Crippen molar-refractivity contribution in [2.75, 3.05) is 36.9 Å². The zero-order valence-corrected chi connectivity index (χ0v) is 9.99. The van der Waals surface area contributed by atoms with Gasteiger partial charge in [-0.25, -0.2) is 4.79 Å². The monoisotopic (exact) mass is 251 g/mol. The first-order valence-electron chi connectivity index (χ1n) is 5.82. The largest absolute Gasteiger partial charge is 0.465 e. The van der Waals surface area contributed by atoms with Crippen LogP contribution >= 0.6 is 0 Å². The van der Waals surface area contributed by atoms with Crippen LogP contribution in [0.1, 0.15) is 0 Å². The summed E-state index contributed by atoms with van der Waals surface area (Å²) in [6.07, 6.45) is -0.981. The van der Waals surface area contributed by atoms with Crippen molar-refractivity contribution in [1.82, 2.24) is 4.90 Å². The number of hydrogen-bond acceptors (Lipinski definition) is 4. The quantitative estimate of drug-likeness (QED) is 0.663. The minimum atomic E-state index is -0.981. The number of hydrogen-bond donors (Lipinski definition) is 3. The number of aliphatic hydroxyl groups is 1. The summed E-state index contributed by atoms with van der Waals surface area (Å²) in [4.78, 5) is 14.3. The number of anilines is 2. The summed E-state index contributed by atoms with van der Waals surface area (Å²) in [5.74, 6) is 0. The van der Waals surface area contributed by atoms with Crippen LogP contribution < -0.4 is 10.6 Å². The predicted molar refractivity (Wildman–Crippen MR) is 68.7 cm³/mol. The minimum Gasteiger partial charge on any atom is -0.465 e. The van der Waals surface area contributed by atoms with Gasteiger partial charge in [-0.05, 0) is 24.3 Å². The summed E-state index contributed by atoms with van der Waals surface area (Å²) in [5.41, 5.74) is 7.32. The Labute approximate surface area is 105 Å².